The Kier molecular flexibility index (Phi) is 7.60. The molecule has 0 aliphatic carbocycles. The van der Waals surface area contributed by atoms with E-state index >= 15 is 0 Å². The van der Waals surface area contributed by atoms with Crippen LogP contribution in [-0.4, -0.2) is 48.6 Å². The second-order valence-corrected chi connectivity index (χ2v) is 8.40. The minimum Gasteiger partial charge on any atom is -0.497 e. The molecule has 8 nitrogen and oxygen atoms in total. The molecule has 1 aromatic heterocycles. The summed E-state index contributed by atoms with van der Waals surface area (Å²) in [5, 5.41) is 0. The van der Waals surface area contributed by atoms with Gasteiger partial charge in [-0.25, -0.2) is 0 Å². The van der Waals surface area contributed by atoms with Gasteiger partial charge in [0.1, 0.15) is 23.8 Å². The average molecular weight is 479 g/mol. The van der Waals surface area contributed by atoms with Gasteiger partial charge < -0.3 is 28.4 Å². The fourth-order valence-corrected chi connectivity index (χ4v) is 3.95. The summed E-state index contributed by atoms with van der Waals surface area (Å²) < 4.78 is 21.8. The van der Waals surface area contributed by atoms with E-state index < -0.39 is 0 Å². The monoisotopic (exact) mass is 478 g/mol. The molecule has 0 saturated heterocycles. The molecule has 2 heterocycles. The van der Waals surface area contributed by atoms with Crippen LogP contribution in [0.1, 0.15) is 40.8 Å². The summed E-state index contributed by atoms with van der Waals surface area (Å²) in [6, 6.07) is 16.3. The predicted octanol–water partition coefficient (Wildman–Crippen LogP) is 4.41. The zero-order chi connectivity index (χ0) is 24.8. The molecule has 2 aromatic carbocycles. The average Bonchev–Trinajstić information content (AvgIpc) is 3.51. The summed E-state index contributed by atoms with van der Waals surface area (Å²) in [4.78, 5) is 30.0. The lowest BCUT2D eigenvalue weighted by molar-refractivity contribution is -0.133. The van der Waals surface area contributed by atoms with Crippen LogP contribution in [-0.2, 0) is 17.9 Å². The van der Waals surface area contributed by atoms with Gasteiger partial charge in [-0.1, -0.05) is 13.0 Å². The van der Waals surface area contributed by atoms with Crippen LogP contribution in [0.2, 0.25) is 0 Å². The molecule has 8 heteroatoms. The van der Waals surface area contributed by atoms with E-state index in [1.165, 1.54) is 0 Å². The maximum absolute atomic E-state index is 13.5. The van der Waals surface area contributed by atoms with E-state index in [0.29, 0.717) is 41.7 Å². The zero-order valence-electron chi connectivity index (χ0n) is 20.3. The highest BCUT2D eigenvalue weighted by Crippen LogP contribution is 2.33. The molecule has 0 saturated carbocycles. The molecule has 4 rings (SSSR count). The molecule has 1 aliphatic rings. The van der Waals surface area contributed by atoms with E-state index in [0.717, 1.165) is 17.7 Å². The van der Waals surface area contributed by atoms with Gasteiger partial charge in [0.2, 0.25) is 12.7 Å². The number of carbonyl (C=O) groups excluding carboxylic acids is 2. The van der Waals surface area contributed by atoms with Crippen LogP contribution >= 0.6 is 0 Å². The van der Waals surface area contributed by atoms with Crippen molar-refractivity contribution in [1.82, 2.24) is 9.80 Å². The molecule has 0 radical (unpaired) electrons. The third-order valence-electron chi connectivity index (χ3n) is 5.75. The van der Waals surface area contributed by atoms with Crippen LogP contribution in [0.15, 0.2) is 59.0 Å². The molecule has 184 valence electrons. The van der Waals surface area contributed by atoms with E-state index in [9.17, 15) is 9.59 Å². The molecule has 0 atom stereocenters. The van der Waals surface area contributed by atoms with Gasteiger partial charge in [0.15, 0.2) is 11.5 Å². The molecule has 3 aromatic rings. The standard InChI is InChI=1S/C27H30N2O6/c1-4-13-28(27(31)21-7-10-22(32-3)11-8-21)17-26(30)29(16-23-9-5-19(2)35-23)15-20-6-12-24-25(14-20)34-18-33-24/h5-12,14H,4,13,15-18H2,1-3H3. The Balaban J connectivity index is 1.53. The van der Waals surface area contributed by atoms with E-state index in [1.54, 1.807) is 41.2 Å². The van der Waals surface area contributed by atoms with E-state index in [1.807, 2.05) is 44.2 Å². The Morgan fingerprint density at radius 3 is 2.40 bits per heavy atom. The first kappa shape index (κ1) is 24.2. The number of amides is 2. The van der Waals surface area contributed by atoms with Crippen LogP contribution < -0.4 is 14.2 Å². The highest BCUT2D eigenvalue weighted by molar-refractivity contribution is 5.96. The predicted molar refractivity (Wildman–Crippen MR) is 129 cm³/mol. The van der Waals surface area contributed by atoms with Gasteiger partial charge in [-0.3, -0.25) is 9.59 Å². The lowest BCUT2D eigenvalue weighted by atomic mass is 10.1. The van der Waals surface area contributed by atoms with Gasteiger partial charge in [0, 0.05) is 18.7 Å². The second-order valence-electron chi connectivity index (χ2n) is 8.40. The number of carbonyl (C=O) groups is 2. The van der Waals surface area contributed by atoms with E-state index in [4.69, 9.17) is 18.6 Å². The van der Waals surface area contributed by atoms with Crippen molar-refractivity contribution in [2.75, 3.05) is 27.0 Å². The van der Waals surface area contributed by atoms with Crippen LogP contribution in [0.4, 0.5) is 0 Å². The quantitative estimate of drug-likeness (QED) is 0.430. The molecule has 0 spiro atoms. The van der Waals surface area contributed by atoms with Gasteiger partial charge in [-0.05, 0) is 67.4 Å². The molecule has 0 bridgehead atoms. The zero-order valence-corrected chi connectivity index (χ0v) is 20.3. The number of hydrogen-bond donors (Lipinski definition) is 0. The summed E-state index contributed by atoms with van der Waals surface area (Å²) in [5.74, 6) is 3.10. The number of rotatable bonds is 10. The maximum atomic E-state index is 13.5. The number of furan rings is 1. The molecule has 0 fully saturated rings. The fourth-order valence-electron chi connectivity index (χ4n) is 3.95. The first-order chi connectivity index (χ1) is 17.0. The Labute approximate surface area is 205 Å². The van der Waals surface area contributed by atoms with Gasteiger partial charge in [0.25, 0.3) is 5.91 Å². The second kappa shape index (κ2) is 11.0. The summed E-state index contributed by atoms with van der Waals surface area (Å²) >= 11 is 0. The lowest BCUT2D eigenvalue weighted by Gasteiger charge is -2.27. The highest BCUT2D eigenvalue weighted by atomic mass is 16.7. The van der Waals surface area contributed by atoms with Gasteiger partial charge in [-0.15, -0.1) is 0 Å². The molecule has 1 aliphatic heterocycles. The van der Waals surface area contributed by atoms with E-state index in [2.05, 4.69) is 0 Å². The van der Waals surface area contributed by atoms with Crippen molar-refractivity contribution in [3.8, 4) is 17.2 Å². The van der Waals surface area contributed by atoms with Crippen molar-refractivity contribution in [3.05, 3.63) is 77.2 Å². The minimum atomic E-state index is -0.195. The van der Waals surface area contributed by atoms with Gasteiger partial charge in [-0.2, -0.15) is 0 Å². The molecule has 35 heavy (non-hydrogen) atoms. The number of hydrogen-bond acceptors (Lipinski definition) is 6. The number of methoxy groups -OCH3 is 1. The third-order valence-corrected chi connectivity index (χ3v) is 5.75. The number of benzene rings is 2. The van der Waals surface area contributed by atoms with Gasteiger partial charge in [0.05, 0.1) is 13.7 Å². The largest absolute Gasteiger partial charge is 0.497 e. The number of ether oxygens (including phenoxy) is 3. The first-order valence-electron chi connectivity index (χ1n) is 11.6. The maximum Gasteiger partial charge on any atom is 0.254 e. The Hall–Kier alpha value is -3.94. The smallest absolute Gasteiger partial charge is 0.254 e. The van der Waals surface area contributed by atoms with E-state index in [-0.39, 0.29) is 31.7 Å². The van der Waals surface area contributed by atoms with Crippen molar-refractivity contribution in [1.29, 1.82) is 0 Å². The number of aryl methyl sites for hydroxylation is 1. The summed E-state index contributed by atoms with van der Waals surface area (Å²) in [7, 11) is 1.58. The van der Waals surface area contributed by atoms with Crippen molar-refractivity contribution < 1.29 is 28.2 Å². The minimum absolute atomic E-state index is 0.0387. The van der Waals surface area contributed by atoms with Crippen molar-refractivity contribution in [3.63, 3.8) is 0 Å². The third kappa shape index (κ3) is 5.95. The molecule has 0 N–H and O–H groups in total. The fraction of sp³-hybridized carbons (Fsp3) is 0.333. The summed E-state index contributed by atoms with van der Waals surface area (Å²) in [5.41, 5.74) is 1.41. The lowest BCUT2D eigenvalue weighted by Crippen LogP contribution is -2.42. The van der Waals surface area contributed by atoms with Crippen molar-refractivity contribution in [2.45, 2.75) is 33.4 Å². The normalized spacial score (nSPS) is 11.9. The number of fused-ring (bicyclic) bond motifs is 1. The summed E-state index contributed by atoms with van der Waals surface area (Å²) in [6.07, 6.45) is 0.731. The van der Waals surface area contributed by atoms with Crippen LogP contribution in [0.3, 0.4) is 0 Å². The molecule has 0 unspecified atom stereocenters. The Morgan fingerprint density at radius 1 is 0.943 bits per heavy atom. The van der Waals surface area contributed by atoms with Gasteiger partial charge >= 0.3 is 0 Å². The first-order valence-corrected chi connectivity index (χ1v) is 11.6. The SMILES string of the molecule is CCCN(CC(=O)N(Cc1ccc2c(c1)OCO2)Cc1ccc(C)o1)C(=O)c1ccc(OC)cc1. The Bertz CT molecular complexity index is 1170. The molecular formula is C27H30N2O6. The highest BCUT2D eigenvalue weighted by Gasteiger charge is 2.24. The van der Waals surface area contributed by atoms with Crippen molar-refractivity contribution in [2.24, 2.45) is 0 Å². The summed E-state index contributed by atoms with van der Waals surface area (Å²) in [6.45, 7) is 5.09. The Morgan fingerprint density at radius 2 is 1.71 bits per heavy atom. The van der Waals surface area contributed by atoms with Crippen molar-refractivity contribution >= 4 is 11.8 Å². The van der Waals surface area contributed by atoms with Crippen LogP contribution in [0, 0.1) is 6.92 Å². The number of nitrogens with zero attached hydrogens (tertiary/aromatic N) is 2. The topological polar surface area (TPSA) is 81.5 Å². The molecule has 2 amide bonds. The molecular weight excluding hydrogens is 448 g/mol. The van der Waals surface area contributed by atoms with Crippen LogP contribution in [0.5, 0.6) is 17.2 Å². The van der Waals surface area contributed by atoms with Crippen LogP contribution in [0.25, 0.3) is 0 Å².